The van der Waals surface area contributed by atoms with Crippen molar-refractivity contribution in [3.8, 4) is 0 Å². The summed E-state index contributed by atoms with van der Waals surface area (Å²) >= 11 is 0. The third-order valence-corrected chi connectivity index (χ3v) is 3.50. The molecule has 0 saturated carbocycles. The van der Waals surface area contributed by atoms with Gasteiger partial charge in [0.1, 0.15) is 5.41 Å². The third-order valence-electron chi connectivity index (χ3n) is 3.50. The van der Waals surface area contributed by atoms with Gasteiger partial charge in [0.05, 0.1) is 7.11 Å². The number of aliphatic hydroxyl groups is 1. The summed E-state index contributed by atoms with van der Waals surface area (Å²) in [6, 6.07) is 7.72. The number of benzene rings is 1. The van der Waals surface area contributed by atoms with Gasteiger partial charge in [0.2, 0.25) is 0 Å². The van der Waals surface area contributed by atoms with Crippen LogP contribution >= 0.6 is 0 Å². The van der Waals surface area contributed by atoms with Gasteiger partial charge in [0, 0.05) is 13.2 Å². The molecule has 4 nitrogen and oxygen atoms in total. The van der Waals surface area contributed by atoms with Crippen LogP contribution in [0.25, 0.3) is 0 Å². The summed E-state index contributed by atoms with van der Waals surface area (Å²) in [4.78, 5) is 12.2. The van der Waals surface area contributed by atoms with Crippen molar-refractivity contribution in [1.29, 1.82) is 0 Å². The normalized spacial score (nSPS) is 15.6. The average Bonchev–Trinajstić information content (AvgIpc) is 2.43. The summed E-state index contributed by atoms with van der Waals surface area (Å²) in [6.07, 6.45) is 0.468. The highest BCUT2D eigenvalue weighted by Crippen LogP contribution is 2.32. The second-order valence-corrected chi connectivity index (χ2v) is 5.14. The highest BCUT2D eigenvalue weighted by atomic mass is 16.5. The lowest BCUT2D eigenvalue weighted by Gasteiger charge is -2.32. The van der Waals surface area contributed by atoms with E-state index >= 15 is 0 Å². The molecular weight excluding hydrogens is 242 g/mol. The molecule has 4 heteroatoms. The maximum absolute atomic E-state index is 12.2. The van der Waals surface area contributed by atoms with E-state index in [-0.39, 0.29) is 25.0 Å². The molecule has 0 fully saturated rings. The van der Waals surface area contributed by atoms with Crippen molar-refractivity contribution in [3.63, 3.8) is 0 Å². The molecule has 106 valence electrons. The molecule has 1 aromatic carbocycles. The molecule has 0 aliphatic rings. The fourth-order valence-corrected chi connectivity index (χ4v) is 2.40. The number of rotatable bonds is 6. The Bertz CT molecular complexity index is 433. The first kappa shape index (κ1) is 15.7. The lowest BCUT2D eigenvalue weighted by molar-refractivity contribution is -0.148. The molecule has 0 spiro atoms. The highest BCUT2D eigenvalue weighted by molar-refractivity contribution is 5.83. The Balaban J connectivity index is 3.27. The predicted octanol–water partition coefficient (Wildman–Crippen LogP) is 1.38. The van der Waals surface area contributed by atoms with E-state index in [0.717, 1.165) is 11.1 Å². The van der Waals surface area contributed by atoms with Gasteiger partial charge in [-0.25, -0.2) is 0 Å². The number of nitrogens with two attached hydrogens (primary N) is 1. The van der Waals surface area contributed by atoms with E-state index in [1.165, 1.54) is 7.11 Å². The predicted molar refractivity (Wildman–Crippen MR) is 74.8 cm³/mol. The maximum atomic E-state index is 12.2. The SMILES string of the molecule is COC(=O)C(CN)(CC(C)CO)c1cccc(C)c1. The van der Waals surface area contributed by atoms with E-state index in [4.69, 9.17) is 10.5 Å². The van der Waals surface area contributed by atoms with Crippen molar-refractivity contribution in [3.05, 3.63) is 35.4 Å². The standard InChI is InChI=1S/C15H23NO3/c1-11-5-4-6-13(7-11)15(10-16,14(18)19-3)8-12(2)9-17/h4-7,12,17H,8-10,16H2,1-3H3. The second kappa shape index (κ2) is 6.68. The molecule has 2 atom stereocenters. The Morgan fingerprint density at radius 3 is 2.68 bits per heavy atom. The topological polar surface area (TPSA) is 72.5 Å². The molecule has 1 rings (SSSR count). The summed E-state index contributed by atoms with van der Waals surface area (Å²) in [7, 11) is 1.37. The molecule has 2 unspecified atom stereocenters. The molecular formula is C15H23NO3. The number of carbonyl (C=O) groups excluding carboxylic acids is 1. The summed E-state index contributed by atoms with van der Waals surface area (Å²) in [5.74, 6) is -0.371. The van der Waals surface area contributed by atoms with E-state index in [1.54, 1.807) is 0 Å². The molecule has 0 aliphatic carbocycles. The molecule has 19 heavy (non-hydrogen) atoms. The minimum atomic E-state index is -0.886. The van der Waals surface area contributed by atoms with Gasteiger partial charge in [-0.05, 0) is 24.8 Å². The van der Waals surface area contributed by atoms with Crippen LogP contribution in [0.2, 0.25) is 0 Å². The van der Waals surface area contributed by atoms with E-state index in [1.807, 2.05) is 38.1 Å². The Morgan fingerprint density at radius 1 is 1.53 bits per heavy atom. The van der Waals surface area contributed by atoms with Crippen LogP contribution in [0.15, 0.2) is 24.3 Å². The Labute approximate surface area is 114 Å². The average molecular weight is 265 g/mol. The number of methoxy groups -OCH3 is 1. The van der Waals surface area contributed by atoms with Crippen LogP contribution in [0.3, 0.4) is 0 Å². The summed E-state index contributed by atoms with van der Waals surface area (Å²) < 4.78 is 4.95. The lowest BCUT2D eigenvalue weighted by Crippen LogP contribution is -2.45. The number of aryl methyl sites for hydroxylation is 1. The molecule has 0 saturated heterocycles. The Hall–Kier alpha value is -1.39. The zero-order chi connectivity index (χ0) is 14.5. The first-order valence-electron chi connectivity index (χ1n) is 6.46. The molecule has 1 aromatic rings. The van der Waals surface area contributed by atoms with Crippen molar-refractivity contribution < 1.29 is 14.6 Å². The van der Waals surface area contributed by atoms with Gasteiger partial charge in [-0.15, -0.1) is 0 Å². The fourth-order valence-electron chi connectivity index (χ4n) is 2.40. The van der Waals surface area contributed by atoms with E-state index in [0.29, 0.717) is 6.42 Å². The van der Waals surface area contributed by atoms with Crippen molar-refractivity contribution in [2.45, 2.75) is 25.7 Å². The maximum Gasteiger partial charge on any atom is 0.317 e. The van der Waals surface area contributed by atoms with Crippen molar-refractivity contribution >= 4 is 5.97 Å². The van der Waals surface area contributed by atoms with Gasteiger partial charge in [0.25, 0.3) is 0 Å². The van der Waals surface area contributed by atoms with Crippen molar-refractivity contribution in [2.75, 3.05) is 20.3 Å². The molecule has 0 aromatic heterocycles. The van der Waals surface area contributed by atoms with Gasteiger partial charge in [-0.3, -0.25) is 4.79 Å². The smallest absolute Gasteiger partial charge is 0.317 e. The Morgan fingerprint density at radius 2 is 2.21 bits per heavy atom. The first-order valence-corrected chi connectivity index (χ1v) is 6.46. The molecule has 0 radical (unpaired) electrons. The zero-order valence-electron chi connectivity index (χ0n) is 11.8. The van der Waals surface area contributed by atoms with Gasteiger partial charge in [0.15, 0.2) is 0 Å². The number of hydrogen-bond acceptors (Lipinski definition) is 4. The summed E-state index contributed by atoms with van der Waals surface area (Å²) in [5.41, 5.74) is 6.92. The molecule has 0 heterocycles. The second-order valence-electron chi connectivity index (χ2n) is 5.14. The van der Waals surface area contributed by atoms with Crippen LogP contribution in [0.5, 0.6) is 0 Å². The molecule has 0 amide bonds. The minimum Gasteiger partial charge on any atom is -0.468 e. The van der Waals surface area contributed by atoms with Crippen LogP contribution in [-0.4, -0.2) is 31.3 Å². The fraction of sp³-hybridized carbons (Fsp3) is 0.533. The monoisotopic (exact) mass is 265 g/mol. The summed E-state index contributed by atoms with van der Waals surface area (Å²) in [5, 5.41) is 9.26. The van der Waals surface area contributed by atoms with Gasteiger partial charge < -0.3 is 15.6 Å². The van der Waals surface area contributed by atoms with Crippen LogP contribution in [0.1, 0.15) is 24.5 Å². The minimum absolute atomic E-state index is 0.0184. The summed E-state index contributed by atoms with van der Waals surface area (Å²) in [6.45, 7) is 4.04. The number of ether oxygens (including phenoxy) is 1. The van der Waals surface area contributed by atoms with Crippen LogP contribution in [-0.2, 0) is 14.9 Å². The first-order chi connectivity index (χ1) is 9.00. The third kappa shape index (κ3) is 3.33. The lowest BCUT2D eigenvalue weighted by atomic mass is 9.73. The van der Waals surface area contributed by atoms with Crippen LogP contribution in [0, 0.1) is 12.8 Å². The largest absolute Gasteiger partial charge is 0.468 e. The van der Waals surface area contributed by atoms with Gasteiger partial charge >= 0.3 is 5.97 Å². The number of esters is 1. The van der Waals surface area contributed by atoms with Crippen molar-refractivity contribution in [2.24, 2.45) is 11.7 Å². The molecule has 0 bridgehead atoms. The van der Waals surface area contributed by atoms with E-state index in [2.05, 4.69) is 0 Å². The zero-order valence-corrected chi connectivity index (χ0v) is 11.8. The van der Waals surface area contributed by atoms with Gasteiger partial charge in [-0.2, -0.15) is 0 Å². The van der Waals surface area contributed by atoms with Crippen molar-refractivity contribution in [1.82, 2.24) is 0 Å². The van der Waals surface area contributed by atoms with Gasteiger partial charge in [-0.1, -0.05) is 36.8 Å². The van der Waals surface area contributed by atoms with Crippen LogP contribution in [0.4, 0.5) is 0 Å². The number of aliphatic hydroxyl groups excluding tert-OH is 1. The number of carbonyl (C=O) groups is 1. The number of hydrogen-bond donors (Lipinski definition) is 2. The van der Waals surface area contributed by atoms with E-state index in [9.17, 15) is 9.90 Å². The Kier molecular flexibility index (Phi) is 5.51. The molecule has 0 aliphatic heterocycles. The molecule has 3 N–H and O–H groups in total. The van der Waals surface area contributed by atoms with E-state index < -0.39 is 5.41 Å². The quantitative estimate of drug-likeness (QED) is 0.762. The highest BCUT2D eigenvalue weighted by Gasteiger charge is 2.41. The van der Waals surface area contributed by atoms with Crippen LogP contribution < -0.4 is 5.73 Å².